The Kier molecular flexibility index (Phi) is 4.70. The minimum atomic E-state index is -0.131. The van der Waals surface area contributed by atoms with E-state index >= 15 is 0 Å². The molecule has 0 saturated carbocycles. The Morgan fingerprint density at radius 1 is 1.24 bits per heavy atom. The molecule has 17 heavy (non-hydrogen) atoms. The molecule has 0 radical (unpaired) electrons. The fraction of sp³-hybridized carbons (Fsp3) is 0.500. The largest absolute Gasteiger partial charge is 0.351 e. The molecule has 94 valence electrons. The molecule has 0 unspecified atom stereocenters. The number of hydrogen-bond acceptors (Lipinski definition) is 2. The van der Waals surface area contributed by atoms with Gasteiger partial charge in [-0.1, -0.05) is 31.2 Å². The zero-order chi connectivity index (χ0) is 12.9. The van der Waals surface area contributed by atoms with Crippen LogP contribution in [-0.2, 0) is 17.8 Å². The molecule has 1 aromatic rings. The van der Waals surface area contributed by atoms with E-state index in [1.165, 1.54) is 0 Å². The van der Waals surface area contributed by atoms with Crippen LogP contribution in [0, 0.1) is 0 Å². The van der Waals surface area contributed by atoms with Crippen LogP contribution in [-0.4, -0.2) is 11.4 Å². The highest BCUT2D eigenvalue weighted by molar-refractivity contribution is 5.79. The van der Waals surface area contributed by atoms with Gasteiger partial charge in [0, 0.05) is 12.1 Å². The number of nitrogens with one attached hydrogen (secondary N) is 1. The molecule has 0 aromatic heterocycles. The molecule has 0 spiro atoms. The average molecular weight is 234 g/mol. The van der Waals surface area contributed by atoms with E-state index in [9.17, 15) is 4.79 Å². The molecule has 1 aromatic carbocycles. The zero-order valence-corrected chi connectivity index (χ0v) is 10.9. The Morgan fingerprint density at radius 2 is 1.76 bits per heavy atom. The van der Waals surface area contributed by atoms with Crippen molar-refractivity contribution in [1.29, 1.82) is 0 Å². The van der Waals surface area contributed by atoms with Gasteiger partial charge < -0.3 is 11.1 Å². The zero-order valence-electron chi connectivity index (χ0n) is 10.9. The van der Waals surface area contributed by atoms with Gasteiger partial charge in [-0.25, -0.2) is 0 Å². The van der Waals surface area contributed by atoms with Crippen LogP contribution in [0.1, 0.15) is 38.3 Å². The van der Waals surface area contributed by atoms with Crippen molar-refractivity contribution in [3.8, 4) is 0 Å². The van der Waals surface area contributed by atoms with E-state index in [2.05, 4.69) is 12.2 Å². The number of rotatable bonds is 5. The van der Waals surface area contributed by atoms with Gasteiger partial charge in [-0.05, 0) is 31.4 Å². The molecule has 0 heterocycles. The lowest BCUT2D eigenvalue weighted by molar-refractivity contribution is -0.122. The first-order valence-electron chi connectivity index (χ1n) is 6.06. The van der Waals surface area contributed by atoms with Gasteiger partial charge in [-0.2, -0.15) is 0 Å². The third-order valence-corrected chi connectivity index (χ3v) is 2.99. The van der Waals surface area contributed by atoms with Gasteiger partial charge in [0.15, 0.2) is 0 Å². The Morgan fingerprint density at radius 3 is 2.24 bits per heavy atom. The first-order chi connectivity index (χ1) is 7.96. The van der Waals surface area contributed by atoms with Crippen molar-refractivity contribution in [2.75, 3.05) is 0 Å². The summed E-state index contributed by atoms with van der Waals surface area (Å²) in [5.41, 5.74) is 7.50. The van der Waals surface area contributed by atoms with E-state index in [-0.39, 0.29) is 11.4 Å². The lowest BCUT2D eigenvalue weighted by Crippen LogP contribution is -2.43. The predicted molar refractivity (Wildman–Crippen MR) is 70.6 cm³/mol. The molecule has 3 heteroatoms. The molecule has 0 saturated heterocycles. The first kappa shape index (κ1) is 13.7. The third kappa shape index (κ3) is 4.57. The van der Waals surface area contributed by atoms with E-state index < -0.39 is 0 Å². The molecule has 3 N–H and O–H groups in total. The minimum Gasteiger partial charge on any atom is -0.351 e. The quantitative estimate of drug-likeness (QED) is 0.818. The van der Waals surface area contributed by atoms with Crippen LogP contribution < -0.4 is 11.1 Å². The molecule has 1 amide bonds. The second-order valence-corrected chi connectivity index (χ2v) is 4.98. The summed E-state index contributed by atoms with van der Waals surface area (Å²) in [6.45, 7) is 6.66. The van der Waals surface area contributed by atoms with Gasteiger partial charge >= 0.3 is 0 Å². The predicted octanol–water partition coefficient (Wildman–Crippen LogP) is 1.99. The van der Waals surface area contributed by atoms with Crippen LogP contribution in [0.15, 0.2) is 24.3 Å². The normalized spacial score (nSPS) is 11.3. The number of benzene rings is 1. The van der Waals surface area contributed by atoms with Gasteiger partial charge in [-0.3, -0.25) is 4.79 Å². The lowest BCUT2D eigenvalue weighted by Gasteiger charge is -2.24. The second kappa shape index (κ2) is 5.82. The molecule has 0 bridgehead atoms. The Labute approximate surface area is 103 Å². The van der Waals surface area contributed by atoms with Crippen molar-refractivity contribution in [2.24, 2.45) is 5.73 Å². The van der Waals surface area contributed by atoms with Crippen LogP contribution in [0.3, 0.4) is 0 Å². The van der Waals surface area contributed by atoms with Crippen molar-refractivity contribution in [3.05, 3.63) is 35.4 Å². The second-order valence-electron chi connectivity index (χ2n) is 4.98. The number of carbonyl (C=O) groups excluding carboxylic acids is 1. The lowest BCUT2D eigenvalue weighted by atomic mass is 10.0. The summed E-state index contributed by atoms with van der Waals surface area (Å²) in [5.74, 6) is 0.0670. The highest BCUT2D eigenvalue weighted by Gasteiger charge is 2.17. The molecule has 3 nitrogen and oxygen atoms in total. The van der Waals surface area contributed by atoms with Gasteiger partial charge in [0.1, 0.15) is 0 Å². The van der Waals surface area contributed by atoms with Gasteiger partial charge in [0.25, 0.3) is 0 Å². The number of amides is 1. The SMILES string of the molecule is CCC(C)(C)NC(=O)Cc1ccc(CN)cc1. The highest BCUT2D eigenvalue weighted by Crippen LogP contribution is 2.09. The van der Waals surface area contributed by atoms with Crippen LogP contribution in [0.4, 0.5) is 0 Å². The molecular formula is C14H22N2O. The number of hydrogen-bond donors (Lipinski definition) is 2. The molecule has 0 aliphatic rings. The monoisotopic (exact) mass is 234 g/mol. The summed E-state index contributed by atoms with van der Waals surface area (Å²) in [7, 11) is 0. The third-order valence-electron chi connectivity index (χ3n) is 2.99. The van der Waals surface area contributed by atoms with Crippen LogP contribution in [0.5, 0.6) is 0 Å². The Balaban J connectivity index is 2.56. The summed E-state index contributed by atoms with van der Waals surface area (Å²) in [4.78, 5) is 11.8. The maximum Gasteiger partial charge on any atom is 0.224 e. The molecule has 0 aliphatic heterocycles. The van der Waals surface area contributed by atoms with Crippen molar-refractivity contribution in [2.45, 2.75) is 45.7 Å². The van der Waals surface area contributed by atoms with Crippen molar-refractivity contribution < 1.29 is 4.79 Å². The van der Waals surface area contributed by atoms with Crippen molar-refractivity contribution in [3.63, 3.8) is 0 Å². The fourth-order valence-corrected chi connectivity index (χ4v) is 1.49. The highest BCUT2D eigenvalue weighted by atomic mass is 16.1. The number of nitrogens with two attached hydrogens (primary N) is 1. The number of carbonyl (C=O) groups is 1. The standard InChI is InChI=1S/C14H22N2O/c1-4-14(2,3)16-13(17)9-11-5-7-12(10-15)8-6-11/h5-8H,4,9-10,15H2,1-3H3,(H,16,17). The van der Waals surface area contributed by atoms with E-state index in [4.69, 9.17) is 5.73 Å². The van der Waals surface area contributed by atoms with Crippen LogP contribution in [0.25, 0.3) is 0 Å². The average Bonchev–Trinajstić information content (AvgIpc) is 2.29. The van der Waals surface area contributed by atoms with Crippen molar-refractivity contribution in [1.82, 2.24) is 5.32 Å². The van der Waals surface area contributed by atoms with Crippen molar-refractivity contribution >= 4 is 5.91 Å². The fourth-order valence-electron chi connectivity index (χ4n) is 1.49. The minimum absolute atomic E-state index is 0.0670. The molecule has 0 aliphatic carbocycles. The van der Waals surface area contributed by atoms with E-state index in [1.807, 2.05) is 38.1 Å². The molecule has 0 atom stereocenters. The molecule has 1 rings (SSSR count). The maximum atomic E-state index is 11.8. The van der Waals surface area contributed by atoms with E-state index in [1.54, 1.807) is 0 Å². The molecular weight excluding hydrogens is 212 g/mol. The first-order valence-corrected chi connectivity index (χ1v) is 6.06. The smallest absolute Gasteiger partial charge is 0.224 e. The van der Waals surface area contributed by atoms with Gasteiger partial charge in [-0.15, -0.1) is 0 Å². The summed E-state index contributed by atoms with van der Waals surface area (Å²) in [6.07, 6.45) is 1.35. The van der Waals surface area contributed by atoms with Gasteiger partial charge in [0.2, 0.25) is 5.91 Å². The van der Waals surface area contributed by atoms with Crippen LogP contribution in [0.2, 0.25) is 0 Å². The topological polar surface area (TPSA) is 55.1 Å². The maximum absolute atomic E-state index is 11.8. The Bertz CT molecular complexity index is 368. The van der Waals surface area contributed by atoms with Crippen LogP contribution >= 0.6 is 0 Å². The summed E-state index contributed by atoms with van der Waals surface area (Å²) in [5, 5.41) is 3.02. The Hall–Kier alpha value is -1.35. The summed E-state index contributed by atoms with van der Waals surface area (Å²) < 4.78 is 0. The van der Waals surface area contributed by atoms with Gasteiger partial charge in [0.05, 0.1) is 6.42 Å². The van der Waals surface area contributed by atoms with E-state index in [0.717, 1.165) is 17.5 Å². The molecule has 0 fully saturated rings. The van der Waals surface area contributed by atoms with E-state index in [0.29, 0.717) is 13.0 Å². The summed E-state index contributed by atoms with van der Waals surface area (Å²) >= 11 is 0. The summed E-state index contributed by atoms with van der Waals surface area (Å²) in [6, 6.07) is 7.85.